The average molecular weight is 258 g/mol. The van der Waals surface area contributed by atoms with Gasteiger partial charge in [0.2, 0.25) is 0 Å². The first-order valence-corrected chi connectivity index (χ1v) is 6.95. The lowest BCUT2D eigenvalue weighted by Crippen LogP contribution is -1.83. The van der Waals surface area contributed by atoms with Crippen molar-refractivity contribution in [3.05, 3.63) is 47.6 Å². The zero-order valence-corrected chi connectivity index (χ0v) is 10.9. The lowest BCUT2D eigenvalue weighted by atomic mass is 10.2. The molecule has 0 saturated carbocycles. The monoisotopic (exact) mass is 258 g/mol. The van der Waals surface area contributed by atoms with Crippen LogP contribution in [-0.4, -0.2) is 9.97 Å². The number of nitrogens with zero attached hydrogens (tertiary/aromatic N) is 2. The molecule has 17 heavy (non-hydrogen) atoms. The van der Waals surface area contributed by atoms with Crippen LogP contribution in [0, 0.1) is 6.92 Å². The highest BCUT2D eigenvalue weighted by Crippen LogP contribution is 2.32. The second kappa shape index (κ2) is 4.47. The van der Waals surface area contributed by atoms with Gasteiger partial charge >= 0.3 is 0 Å². The Morgan fingerprint density at radius 3 is 2.71 bits per heavy atom. The molecule has 0 aliphatic heterocycles. The molecule has 0 amide bonds. The van der Waals surface area contributed by atoms with Crippen molar-refractivity contribution in [3.63, 3.8) is 0 Å². The quantitative estimate of drug-likeness (QED) is 0.646. The van der Waals surface area contributed by atoms with Gasteiger partial charge < -0.3 is 0 Å². The lowest BCUT2D eigenvalue weighted by molar-refractivity contribution is 1.11. The molecule has 2 nitrogen and oxygen atoms in total. The molecule has 0 atom stereocenters. The Morgan fingerprint density at radius 2 is 1.88 bits per heavy atom. The van der Waals surface area contributed by atoms with E-state index in [1.165, 1.54) is 10.5 Å². The molecule has 0 bridgehead atoms. The van der Waals surface area contributed by atoms with E-state index in [1.807, 2.05) is 0 Å². The van der Waals surface area contributed by atoms with E-state index in [0.29, 0.717) is 0 Å². The van der Waals surface area contributed by atoms with Gasteiger partial charge in [0.05, 0.1) is 0 Å². The molecule has 0 saturated heterocycles. The maximum absolute atomic E-state index is 4.36. The molecule has 0 unspecified atom stereocenters. The number of thiophene rings is 1. The minimum atomic E-state index is 1.03. The van der Waals surface area contributed by atoms with Gasteiger partial charge in [0.1, 0.15) is 16.2 Å². The highest BCUT2D eigenvalue weighted by atomic mass is 32.2. The summed E-state index contributed by atoms with van der Waals surface area (Å²) in [5.74, 6) is 0. The molecular weight excluding hydrogens is 248 g/mol. The zero-order valence-electron chi connectivity index (χ0n) is 9.25. The molecule has 0 spiro atoms. The predicted molar refractivity (Wildman–Crippen MR) is 72.7 cm³/mol. The molecule has 0 fully saturated rings. The van der Waals surface area contributed by atoms with E-state index in [2.05, 4.69) is 52.6 Å². The zero-order chi connectivity index (χ0) is 11.7. The van der Waals surface area contributed by atoms with Gasteiger partial charge in [-0.05, 0) is 30.5 Å². The lowest BCUT2D eigenvalue weighted by Gasteiger charge is -2.02. The molecule has 84 valence electrons. The molecule has 0 N–H and O–H groups in total. The largest absolute Gasteiger partial charge is 0.229 e. The van der Waals surface area contributed by atoms with E-state index >= 15 is 0 Å². The highest BCUT2D eigenvalue weighted by Gasteiger charge is 2.06. The number of hydrogen-bond donors (Lipinski definition) is 0. The van der Waals surface area contributed by atoms with Crippen molar-refractivity contribution in [2.24, 2.45) is 0 Å². The summed E-state index contributed by atoms with van der Waals surface area (Å²) in [7, 11) is 0. The molecule has 3 rings (SSSR count). The molecule has 4 heteroatoms. The first kappa shape index (κ1) is 10.7. The summed E-state index contributed by atoms with van der Waals surface area (Å²) in [6.07, 6.45) is 1.63. The van der Waals surface area contributed by atoms with Crippen LogP contribution < -0.4 is 0 Å². The molecule has 2 aromatic heterocycles. The maximum atomic E-state index is 4.36. The summed E-state index contributed by atoms with van der Waals surface area (Å²) in [5.41, 5.74) is 1.28. The van der Waals surface area contributed by atoms with Gasteiger partial charge in [-0.3, -0.25) is 0 Å². The third kappa shape index (κ3) is 2.18. The summed E-state index contributed by atoms with van der Waals surface area (Å²) in [6, 6.07) is 10.6. The van der Waals surface area contributed by atoms with E-state index < -0.39 is 0 Å². The van der Waals surface area contributed by atoms with Crippen LogP contribution in [0.3, 0.4) is 0 Å². The van der Waals surface area contributed by atoms with Crippen LogP contribution in [0.15, 0.2) is 52.0 Å². The summed E-state index contributed by atoms with van der Waals surface area (Å²) >= 11 is 3.34. The van der Waals surface area contributed by atoms with Crippen molar-refractivity contribution >= 4 is 33.3 Å². The number of hydrogen-bond acceptors (Lipinski definition) is 4. The topological polar surface area (TPSA) is 25.8 Å². The van der Waals surface area contributed by atoms with Crippen LogP contribution >= 0.6 is 23.1 Å². The van der Waals surface area contributed by atoms with Crippen molar-refractivity contribution in [1.82, 2.24) is 9.97 Å². The Balaban J connectivity index is 1.99. The number of aryl methyl sites for hydroxylation is 1. The second-order valence-corrected chi connectivity index (χ2v) is 5.69. The van der Waals surface area contributed by atoms with E-state index in [0.717, 1.165) is 15.2 Å². The first-order chi connectivity index (χ1) is 8.33. The third-order valence-electron chi connectivity index (χ3n) is 2.46. The van der Waals surface area contributed by atoms with E-state index in [-0.39, 0.29) is 0 Å². The van der Waals surface area contributed by atoms with Gasteiger partial charge in [-0.25, -0.2) is 9.97 Å². The Kier molecular flexibility index (Phi) is 2.82. The highest BCUT2D eigenvalue weighted by molar-refractivity contribution is 7.99. The minimum absolute atomic E-state index is 1.03. The Labute approximate surface area is 108 Å². The predicted octanol–water partition coefficient (Wildman–Crippen LogP) is 4.15. The number of rotatable bonds is 2. The van der Waals surface area contributed by atoms with Crippen molar-refractivity contribution in [2.75, 3.05) is 0 Å². The summed E-state index contributed by atoms with van der Waals surface area (Å²) in [6.45, 7) is 2.09. The molecule has 0 aliphatic carbocycles. The molecule has 0 radical (unpaired) electrons. The van der Waals surface area contributed by atoms with Crippen molar-refractivity contribution < 1.29 is 0 Å². The van der Waals surface area contributed by atoms with Crippen molar-refractivity contribution in [3.8, 4) is 0 Å². The van der Waals surface area contributed by atoms with Crippen LogP contribution in [0.1, 0.15) is 5.56 Å². The Hall–Kier alpha value is -1.39. The fourth-order valence-electron chi connectivity index (χ4n) is 1.57. The standard InChI is InChI=1S/C13H10N2S2/c1-9-2-4-10(5-3-9)17-13-11-6-7-16-12(11)14-8-15-13/h2-8H,1H3. The van der Waals surface area contributed by atoms with Gasteiger partial charge in [0.25, 0.3) is 0 Å². The molecule has 0 aliphatic rings. The summed E-state index contributed by atoms with van der Waals surface area (Å²) < 4.78 is 0. The summed E-state index contributed by atoms with van der Waals surface area (Å²) in [4.78, 5) is 10.9. The minimum Gasteiger partial charge on any atom is -0.229 e. The average Bonchev–Trinajstić information content (AvgIpc) is 2.81. The summed E-state index contributed by atoms with van der Waals surface area (Å²) in [5, 5.41) is 4.22. The van der Waals surface area contributed by atoms with Crippen LogP contribution in [0.5, 0.6) is 0 Å². The Bertz CT molecular complexity index is 644. The number of aromatic nitrogens is 2. The fraction of sp³-hybridized carbons (Fsp3) is 0.0769. The van der Waals surface area contributed by atoms with E-state index in [1.54, 1.807) is 29.4 Å². The normalized spacial score (nSPS) is 10.9. The van der Waals surface area contributed by atoms with Gasteiger partial charge in [-0.1, -0.05) is 29.5 Å². The van der Waals surface area contributed by atoms with Crippen LogP contribution in [-0.2, 0) is 0 Å². The maximum Gasteiger partial charge on any atom is 0.127 e. The van der Waals surface area contributed by atoms with Gasteiger partial charge in [-0.15, -0.1) is 11.3 Å². The number of fused-ring (bicyclic) bond motifs is 1. The van der Waals surface area contributed by atoms with E-state index in [9.17, 15) is 0 Å². The SMILES string of the molecule is Cc1ccc(Sc2ncnc3sccc23)cc1. The van der Waals surface area contributed by atoms with Gasteiger partial charge in [0.15, 0.2) is 0 Å². The first-order valence-electron chi connectivity index (χ1n) is 5.26. The van der Waals surface area contributed by atoms with Crippen molar-refractivity contribution in [2.45, 2.75) is 16.8 Å². The number of benzene rings is 1. The van der Waals surface area contributed by atoms with Crippen molar-refractivity contribution in [1.29, 1.82) is 0 Å². The van der Waals surface area contributed by atoms with Gasteiger partial charge in [0, 0.05) is 10.3 Å². The third-order valence-corrected chi connectivity index (χ3v) is 4.31. The second-order valence-electron chi connectivity index (χ2n) is 3.73. The Morgan fingerprint density at radius 1 is 1.06 bits per heavy atom. The van der Waals surface area contributed by atoms with Crippen LogP contribution in [0.25, 0.3) is 10.2 Å². The van der Waals surface area contributed by atoms with E-state index in [4.69, 9.17) is 0 Å². The van der Waals surface area contributed by atoms with Crippen LogP contribution in [0.4, 0.5) is 0 Å². The molecule has 1 aromatic carbocycles. The molecular formula is C13H10N2S2. The fourth-order valence-corrected chi connectivity index (χ4v) is 3.23. The molecule has 2 heterocycles. The van der Waals surface area contributed by atoms with Crippen LogP contribution in [0.2, 0.25) is 0 Å². The smallest absolute Gasteiger partial charge is 0.127 e. The molecule has 3 aromatic rings. The van der Waals surface area contributed by atoms with Gasteiger partial charge in [-0.2, -0.15) is 0 Å².